The zero-order valence-corrected chi connectivity index (χ0v) is 12.3. The van der Waals surface area contributed by atoms with Gasteiger partial charge in [0.05, 0.1) is 11.7 Å². The first kappa shape index (κ1) is 13.2. The van der Waals surface area contributed by atoms with Crippen LogP contribution in [0.3, 0.4) is 0 Å². The van der Waals surface area contributed by atoms with Gasteiger partial charge in [-0.05, 0) is 50.4 Å². The topological polar surface area (TPSA) is 9.23 Å². The minimum absolute atomic E-state index is 0.287. The van der Waals surface area contributed by atoms with Crippen molar-refractivity contribution in [3.63, 3.8) is 0 Å². The maximum atomic E-state index is 6.52. The summed E-state index contributed by atoms with van der Waals surface area (Å²) in [7, 11) is 0. The van der Waals surface area contributed by atoms with Gasteiger partial charge >= 0.3 is 0 Å². The molecule has 2 heteroatoms. The average Bonchev–Trinajstić information content (AvgIpc) is 3.00. The lowest BCUT2D eigenvalue weighted by atomic mass is 9.81. The Kier molecular flexibility index (Phi) is 3.92. The lowest BCUT2D eigenvalue weighted by molar-refractivity contribution is -0.0751. The van der Waals surface area contributed by atoms with Crippen molar-refractivity contribution in [3.8, 4) is 0 Å². The van der Waals surface area contributed by atoms with E-state index in [9.17, 15) is 0 Å². The van der Waals surface area contributed by atoms with Crippen LogP contribution in [0.15, 0.2) is 0 Å². The third-order valence-corrected chi connectivity index (χ3v) is 6.28. The zero-order valence-electron chi connectivity index (χ0n) is 11.6. The molecule has 3 rings (SSSR count). The van der Waals surface area contributed by atoms with Gasteiger partial charge in [0, 0.05) is 5.88 Å². The van der Waals surface area contributed by atoms with Gasteiger partial charge in [-0.2, -0.15) is 0 Å². The maximum absolute atomic E-state index is 6.52. The van der Waals surface area contributed by atoms with Gasteiger partial charge in [-0.3, -0.25) is 0 Å². The summed E-state index contributed by atoms with van der Waals surface area (Å²) in [5.41, 5.74) is 0.710. The predicted octanol–water partition coefficient (Wildman–Crippen LogP) is 5.06. The molecule has 1 atom stereocenters. The zero-order chi connectivity index (χ0) is 12.5. The number of ether oxygens (including phenoxy) is 1. The summed E-state index contributed by atoms with van der Waals surface area (Å²) in [6.45, 7) is 0. The van der Waals surface area contributed by atoms with Crippen LogP contribution < -0.4 is 0 Å². The van der Waals surface area contributed by atoms with Crippen molar-refractivity contribution in [3.05, 3.63) is 0 Å². The summed E-state index contributed by atoms with van der Waals surface area (Å²) < 4.78 is 6.52. The summed E-state index contributed by atoms with van der Waals surface area (Å²) in [6, 6.07) is 0. The lowest BCUT2D eigenvalue weighted by Crippen LogP contribution is -2.33. The molecule has 1 heterocycles. The average molecular weight is 271 g/mol. The van der Waals surface area contributed by atoms with Crippen LogP contribution in [0.1, 0.15) is 77.0 Å². The van der Waals surface area contributed by atoms with Crippen LogP contribution in [0.25, 0.3) is 0 Å². The largest absolute Gasteiger partial charge is 0.372 e. The van der Waals surface area contributed by atoms with Crippen LogP contribution in [0.2, 0.25) is 0 Å². The molecule has 104 valence electrons. The van der Waals surface area contributed by atoms with Crippen LogP contribution in [-0.2, 0) is 4.74 Å². The fourth-order valence-electron chi connectivity index (χ4n) is 4.60. The number of rotatable bonds is 3. The van der Waals surface area contributed by atoms with Gasteiger partial charge < -0.3 is 4.74 Å². The van der Waals surface area contributed by atoms with Gasteiger partial charge in [-0.15, -0.1) is 11.6 Å². The molecule has 1 nitrogen and oxygen atoms in total. The summed E-state index contributed by atoms with van der Waals surface area (Å²) in [4.78, 5) is 0. The van der Waals surface area contributed by atoms with Gasteiger partial charge in [0.25, 0.3) is 0 Å². The first-order valence-corrected chi connectivity index (χ1v) is 8.53. The highest BCUT2D eigenvalue weighted by Gasteiger charge is 2.44. The molecular formula is C16H27ClO. The predicted molar refractivity (Wildman–Crippen MR) is 76.2 cm³/mol. The first-order chi connectivity index (χ1) is 8.76. The molecule has 0 aromatic rings. The summed E-state index contributed by atoms with van der Waals surface area (Å²) >= 11 is 6.26. The van der Waals surface area contributed by atoms with E-state index in [1.165, 1.54) is 77.0 Å². The molecule has 0 N–H and O–H groups in total. The van der Waals surface area contributed by atoms with Crippen LogP contribution in [0.4, 0.5) is 0 Å². The number of hydrogen-bond acceptors (Lipinski definition) is 1. The molecule has 0 aromatic heterocycles. The van der Waals surface area contributed by atoms with E-state index in [-0.39, 0.29) is 5.60 Å². The van der Waals surface area contributed by atoms with Gasteiger partial charge in [0.1, 0.15) is 0 Å². The van der Waals surface area contributed by atoms with E-state index in [0.29, 0.717) is 11.5 Å². The molecule has 1 spiro atoms. The summed E-state index contributed by atoms with van der Waals surface area (Å²) in [6.07, 6.45) is 16.6. The third kappa shape index (κ3) is 2.58. The number of hydrogen-bond donors (Lipinski definition) is 0. The fourth-order valence-corrected chi connectivity index (χ4v) is 4.98. The number of halogens is 1. The standard InChI is InChI=1S/C16H27ClO/c17-13-15(7-4-5-8-15)12-14-6-11-16(18-14)9-2-1-3-10-16/h14H,1-13H2. The molecule has 2 aliphatic carbocycles. The van der Waals surface area contributed by atoms with Crippen molar-refractivity contribution >= 4 is 11.6 Å². The molecule has 2 saturated carbocycles. The Morgan fingerprint density at radius 3 is 2.22 bits per heavy atom. The molecule has 3 aliphatic rings. The smallest absolute Gasteiger partial charge is 0.0687 e. The SMILES string of the molecule is ClCC1(CC2CCC3(CCCCC3)O2)CCCC1. The maximum Gasteiger partial charge on any atom is 0.0687 e. The Balaban J connectivity index is 1.58. The van der Waals surface area contributed by atoms with E-state index in [1.807, 2.05) is 0 Å². The molecule has 1 aliphatic heterocycles. The lowest BCUT2D eigenvalue weighted by Gasteiger charge is -2.35. The van der Waals surface area contributed by atoms with Crippen LogP contribution >= 0.6 is 11.6 Å². The van der Waals surface area contributed by atoms with Crippen LogP contribution in [0, 0.1) is 5.41 Å². The molecule has 0 radical (unpaired) electrons. The van der Waals surface area contributed by atoms with Gasteiger partial charge in [0.2, 0.25) is 0 Å². The highest BCUT2D eigenvalue weighted by atomic mass is 35.5. The highest BCUT2D eigenvalue weighted by Crippen LogP contribution is 2.48. The molecule has 0 amide bonds. The first-order valence-electron chi connectivity index (χ1n) is 8.00. The van der Waals surface area contributed by atoms with Crippen molar-refractivity contribution in [1.82, 2.24) is 0 Å². The van der Waals surface area contributed by atoms with Crippen molar-refractivity contribution in [2.24, 2.45) is 5.41 Å². The van der Waals surface area contributed by atoms with Crippen molar-refractivity contribution in [2.45, 2.75) is 88.8 Å². The summed E-state index contributed by atoms with van der Waals surface area (Å²) in [5.74, 6) is 0.847. The van der Waals surface area contributed by atoms with Crippen molar-refractivity contribution < 1.29 is 4.74 Å². The van der Waals surface area contributed by atoms with Gasteiger partial charge in [0.15, 0.2) is 0 Å². The van der Waals surface area contributed by atoms with E-state index in [0.717, 1.165) is 5.88 Å². The molecule has 1 unspecified atom stereocenters. The second kappa shape index (κ2) is 5.32. The van der Waals surface area contributed by atoms with E-state index in [4.69, 9.17) is 16.3 Å². The van der Waals surface area contributed by atoms with Gasteiger partial charge in [-0.25, -0.2) is 0 Å². The second-order valence-electron chi connectivity index (χ2n) is 7.07. The normalized spacial score (nSPS) is 34.2. The third-order valence-electron chi connectivity index (χ3n) is 5.71. The Hall–Kier alpha value is 0.250. The van der Waals surface area contributed by atoms with E-state index in [2.05, 4.69) is 0 Å². The van der Waals surface area contributed by atoms with Crippen molar-refractivity contribution in [2.75, 3.05) is 5.88 Å². The van der Waals surface area contributed by atoms with Gasteiger partial charge in [-0.1, -0.05) is 32.1 Å². The van der Waals surface area contributed by atoms with E-state index >= 15 is 0 Å². The number of alkyl halides is 1. The second-order valence-corrected chi connectivity index (χ2v) is 7.33. The minimum atomic E-state index is 0.287. The minimum Gasteiger partial charge on any atom is -0.372 e. The summed E-state index contributed by atoms with van der Waals surface area (Å²) in [5, 5.41) is 0. The molecule has 18 heavy (non-hydrogen) atoms. The van der Waals surface area contributed by atoms with E-state index in [1.54, 1.807) is 0 Å². The fraction of sp³-hybridized carbons (Fsp3) is 1.00. The Bertz CT molecular complexity index is 277. The molecule has 1 saturated heterocycles. The van der Waals surface area contributed by atoms with E-state index < -0.39 is 0 Å². The molecule has 0 bridgehead atoms. The monoisotopic (exact) mass is 270 g/mol. The highest BCUT2D eigenvalue weighted by molar-refractivity contribution is 6.18. The molecular weight excluding hydrogens is 244 g/mol. The Morgan fingerprint density at radius 2 is 1.56 bits per heavy atom. The van der Waals surface area contributed by atoms with Crippen LogP contribution in [-0.4, -0.2) is 17.6 Å². The van der Waals surface area contributed by atoms with Crippen molar-refractivity contribution in [1.29, 1.82) is 0 Å². The molecule has 3 fully saturated rings. The quantitative estimate of drug-likeness (QED) is 0.652. The Labute approximate surface area is 117 Å². The van der Waals surface area contributed by atoms with Crippen LogP contribution in [0.5, 0.6) is 0 Å². The Morgan fingerprint density at radius 1 is 0.889 bits per heavy atom. The molecule has 0 aromatic carbocycles.